The number of halogens is 1. The highest BCUT2D eigenvalue weighted by molar-refractivity contribution is 6.34. The van der Waals surface area contributed by atoms with Gasteiger partial charge in [-0.1, -0.05) is 24.9 Å². The Kier molecular flexibility index (Phi) is 2.67. The molecule has 1 aliphatic rings. The first-order chi connectivity index (χ1) is 7.13. The van der Waals surface area contributed by atoms with Crippen LogP contribution in [0.3, 0.4) is 0 Å². The number of aryl methyl sites for hydroxylation is 1. The molecule has 0 spiro atoms. The summed E-state index contributed by atoms with van der Waals surface area (Å²) in [6.07, 6.45) is 0.690. The second-order valence-corrected chi connectivity index (χ2v) is 3.96. The van der Waals surface area contributed by atoms with Crippen molar-refractivity contribution in [2.45, 2.75) is 26.1 Å². The predicted octanol–water partition coefficient (Wildman–Crippen LogP) is 2.45. The summed E-state index contributed by atoms with van der Waals surface area (Å²) in [6, 6.07) is 3.53. The molecule has 15 heavy (non-hydrogen) atoms. The van der Waals surface area contributed by atoms with Crippen molar-refractivity contribution in [2.75, 3.05) is 0 Å². The molecule has 0 fully saturated rings. The lowest BCUT2D eigenvalue weighted by atomic mass is 10.0. The number of esters is 1. The zero-order valence-electron chi connectivity index (χ0n) is 8.29. The quantitative estimate of drug-likeness (QED) is 0.788. The molecule has 1 N–H and O–H groups in total. The molecule has 0 radical (unpaired) electrons. The molecule has 1 atom stereocenters. The van der Waals surface area contributed by atoms with Gasteiger partial charge in [0.1, 0.15) is 0 Å². The third-order valence-corrected chi connectivity index (χ3v) is 2.71. The molecule has 4 heteroatoms. The second kappa shape index (κ2) is 3.83. The Balaban J connectivity index is 2.51. The highest BCUT2D eigenvalue weighted by Crippen LogP contribution is 2.34. The summed E-state index contributed by atoms with van der Waals surface area (Å²) >= 11 is 5.96. The van der Waals surface area contributed by atoms with Crippen molar-refractivity contribution in [3.05, 3.63) is 33.8 Å². The number of fused-ring (bicyclic) bond motifs is 1. The first-order valence-electron chi connectivity index (χ1n) is 4.85. The summed E-state index contributed by atoms with van der Waals surface area (Å²) in [6.45, 7) is 2.05. The standard InChI is InChI=1S/C11H11ClO3/c1-2-3-6-4-7-9(8(12)5-6)11(14)15-10(7)13/h4-5,10,13H,2-3H2,1H3. The Morgan fingerprint density at radius 2 is 2.27 bits per heavy atom. The lowest BCUT2D eigenvalue weighted by Gasteiger charge is -2.05. The summed E-state index contributed by atoms with van der Waals surface area (Å²) in [4.78, 5) is 11.3. The van der Waals surface area contributed by atoms with Gasteiger partial charge >= 0.3 is 5.97 Å². The zero-order chi connectivity index (χ0) is 11.0. The van der Waals surface area contributed by atoms with E-state index in [4.69, 9.17) is 11.6 Å². The van der Waals surface area contributed by atoms with Gasteiger partial charge in [0.05, 0.1) is 10.6 Å². The van der Waals surface area contributed by atoms with Crippen LogP contribution >= 0.6 is 11.6 Å². The number of aliphatic hydroxyl groups is 1. The minimum atomic E-state index is -1.16. The van der Waals surface area contributed by atoms with Crippen molar-refractivity contribution < 1.29 is 14.6 Å². The lowest BCUT2D eigenvalue weighted by molar-refractivity contribution is -0.0548. The number of carbonyl (C=O) groups excluding carboxylic acids is 1. The summed E-state index contributed by atoms with van der Waals surface area (Å²) < 4.78 is 4.68. The first-order valence-corrected chi connectivity index (χ1v) is 5.22. The van der Waals surface area contributed by atoms with Gasteiger partial charge in [0.15, 0.2) is 0 Å². The summed E-state index contributed by atoms with van der Waals surface area (Å²) in [5, 5.41) is 9.83. The van der Waals surface area contributed by atoms with E-state index in [-0.39, 0.29) is 0 Å². The fourth-order valence-electron chi connectivity index (χ4n) is 1.75. The van der Waals surface area contributed by atoms with E-state index in [2.05, 4.69) is 11.7 Å². The Hall–Kier alpha value is -1.06. The number of hydrogen-bond acceptors (Lipinski definition) is 3. The predicted molar refractivity (Wildman–Crippen MR) is 55.8 cm³/mol. The summed E-state index contributed by atoms with van der Waals surface area (Å²) in [5.41, 5.74) is 1.79. The van der Waals surface area contributed by atoms with Crippen molar-refractivity contribution in [2.24, 2.45) is 0 Å². The molecule has 0 saturated carbocycles. The molecule has 0 aromatic heterocycles. The minimum absolute atomic E-state index is 0.295. The molecule has 0 amide bonds. The largest absolute Gasteiger partial charge is 0.428 e. The number of rotatable bonds is 2. The van der Waals surface area contributed by atoms with E-state index in [1.165, 1.54) is 0 Å². The highest BCUT2D eigenvalue weighted by Gasteiger charge is 2.32. The topological polar surface area (TPSA) is 46.5 Å². The van der Waals surface area contributed by atoms with Gasteiger partial charge in [-0.25, -0.2) is 4.79 Å². The van der Waals surface area contributed by atoms with Crippen LogP contribution in [0.5, 0.6) is 0 Å². The summed E-state index contributed by atoms with van der Waals surface area (Å²) in [7, 11) is 0. The molecule has 1 aromatic rings. The maximum atomic E-state index is 11.3. The smallest absolute Gasteiger partial charge is 0.342 e. The van der Waals surface area contributed by atoms with Crippen LogP contribution in [0.2, 0.25) is 5.02 Å². The van der Waals surface area contributed by atoms with Gasteiger partial charge in [-0.3, -0.25) is 0 Å². The van der Waals surface area contributed by atoms with Gasteiger partial charge < -0.3 is 9.84 Å². The third kappa shape index (κ3) is 1.73. The lowest BCUT2D eigenvalue weighted by Crippen LogP contribution is -1.96. The first kappa shape index (κ1) is 10.5. The Bertz CT molecular complexity index is 415. The number of benzene rings is 1. The number of aliphatic hydroxyl groups excluding tert-OH is 1. The van der Waals surface area contributed by atoms with Crippen molar-refractivity contribution in [3.8, 4) is 0 Å². The Labute approximate surface area is 92.6 Å². The van der Waals surface area contributed by atoms with Gasteiger partial charge in [-0.2, -0.15) is 0 Å². The molecule has 0 saturated heterocycles. The van der Waals surface area contributed by atoms with Crippen molar-refractivity contribution >= 4 is 17.6 Å². The van der Waals surface area contributed by atoms with Gasteiger partial charge in [-0.15, -0.1) is 0 Å². The third-order valence-electron chi connectivity index (χ3n) is 2.41. The molecule has 0 bridgehead atoms. The Morgan fingerprint density at radius 1 is 1.53 bits per heavy atom. The van der Waals surface area contributed by atoms with Crippen molar-refractivity contribution in [3.63, 3.8) is 0 Å². The summed E-state index contributed by atoms with van der Waals surface area (Å²) in [5.74, 6) is -0.550. The molecule has 1 aromatic carbocycles. The molecular formula is C11H11ClO3. The second-order valence-electron chi connectivity index (χ2n) is 3.55. The van der Waals surface area contributed by atoms with Crippen LogP contribution in [-0.2, 0) is 11.2 Å². The number of carbonyl (C=O) groups is 1. The average molecular weight is 227 g/mol. The number of hydrogen-bond donors (Lipinski definition) is 1. The fourth-order valence-corrected chi connectivity index (χ4v) is 2.08. The van der Waals surface area contributed by atoms with E-state index in [0.717, 1.165) is 18.4 Å². The molecule has 3 nitrogen and oxygen atoms in total. The van der Waals surface area contributed by atoms with Crippen molar-refractivity contribution in [1.29, 1.82) is 0 Å². The Morgan fingerprint density at radius 3 is 2.93 bits per heavy atom. The molecule has 80 valence electrons. The van der Waals surface area contributed by atoms with Crippen LogP contribution < -0.4 is 0 Å². The monoisotopic (exact) mass is 226 g/mol. The van der Waals surface area contributed by atoms with Crippen molar-refractivity contribution in [1.82, 2.24) is 0 Å². The van der Waals surface area contributed by atoms with Gasteiger partial charge in [0, 0.05) is 5.56 Å². The molecular weight excluding hydrogens is 216 g/mol. The van der Waals surface area contributed by atoms with Crippen LogP contribution in [-0.4, -0.2) is 11.1 Å². The molecule has 1 heterocycles. The zero-order valence-corrected chi connectivity index (χ0v) is 9.04. The van der Waals surface area contributed by atoms with E-state index < -0.39 is 12.3 Å². The van der Waals surface area contributed by atoms with Crippen LogP contribution in [0.25, 0.3) is 0 Å². The van der Waals surface area contributed by atoms with E-state index >= 15 is 0 Å². The SMILES string of the molecule is CCCc1cc(Cl)c2c(c1)C(O)OC2=O. The fraction of sp³-hybridized carbons (Fsp3) is 0.364. The van der Waals surface area contributed by atoms with Gasteiger partial charge in [0.2, 0.25) is 6.29 Å². The molecule has 1 unspecified atom stereocenters. The van der Waals surface area contributed by atoms with E-state index in [1.54, 1.807) is 12.1 Å². The van der Waals surface area contributed by atoms with E-state index in [9.17, 15) is 9.90 Å². The maximum absolute atomic E-state index is 11.3. The normalized spacial score (nSPS) is 18.9. The minimum Gasteiger partial charge on any atom is -0.428 e. The highest BCUT2D eigenvalue weighted by atomic mass is 35.5. The van der Waals surface area contributed by atoms with E-state index in [0.29, 0.717) is 16.1 Å². The maximum Gasteiger partial charge on any atom is 0.342 e. The van der Waals surface area contributed by atoms with Crippen LogP contribution in [0.1, 0.15) is 41.1 Å². The van der Waals surface area contributed by atoms with Gasteiger partial charge in [-0.05, 0) is 24.1 Å². The van der Waals surface area contributed by atoms with Crippen LogP contribution in [0.15, 0.2) is 12.1 Å². The van der Waals surface area contributed by atoms with E-state index in [1.807, 2.05) is 0 Å². The molecule has 2 rings (SSSR count). The van der Waals surface area contributed by atoms with Crippen LogP contribution in [0, 0.1) is 0 Å². The molecule has 0 aliphatic carbocycles. The van der Waals surface area contributed by atoms with Gasteiger partial charge in [0.25, 0.3) is 0 Å². The number of ether oxygens (including phenoxy) is 1. The average Bonchev–Trinajstić information content (AvgIpc) is 2.43. The number of cyclic esters (lactones) is 1. The molecule has 1 aliphatic heterocycles. The van der Waals surface area contributed by atoms with Crippen LogP contribution in [0.4, 0.5) is 0 Å².